The van der Waals surface area contributed by atoms with Crippen molar-refractivity contribution in [2.24, 2.45) is 23.5 Å². The second-order valence-corrected chi connectivity index (χ2v) is 21.4. The second-order valence-electron chi connectivity index (χ2n) is 21.4. The summed E-state index contributed by atoms with van der Waals surface area (Å²) in [4.78, 5) is 137. The minimum atomic E-state index is -1.26. The molecule has 416 valence electrons. The van der Waals surface area contributed by atoms with Crippen molar-refractivity contribution in [3.8, 4) is 0 Å². The Morgan fingerprint density at radius 1 is 0.662 bits per heavy atom. The van der Waals surface area contributed by atoms with Gasteiger partial charge < -0.3 is 62.5 Å². The average molecular weight is 1070 g/mol. The summed E-state index contributed by atoms with van der Waals surface area (Å²) in [7, 11) is 0. The third-order valence-corrected chi connectivity index (χ3v) is 14.0. The summed E-state index contributed by atoms with van der Waals surface area (Å²) in [6, 6.07) is 7.99. The molecule has 0 unspecified atom stereocenters. The third kappa shape index (κ3) is 16.2. The van der Waals surface area contributed by atoms with Crippen LogP contribution in [0.2, 0.25) is 0 Å². The minimum Gasteiger partial charge on any atom is -0.480 e. The molecule has 11 N–H and O–H groups in total. The number of benzene rings is 2. The number of nitrogens with two attached hydrogens (primary N) is 1. The normalized spacial score (nSPS) is 17.8. The predicted molar refractivity (Wildman–Crippen MR) is 286 cm³/mol. The number of carbonyl (C=O) groups excluding carboxylic acids is 8. The Balaban J connectivity index is 1.13. The van der Waals surface area contributed by atoms with Gasteiger partial charge in [-0.05, 0) is 79.9 Å². The number of amides is 8. The lowest BCUT2D eigenvalue weighted by Gasteiger charge is -2.32. The van der Waals surface area contributed by atoms with Crippen LogP contribution in [0.4, 0.5) is 0 Å². The molecule has 2 aromatic heterocycles. The van der Waals surface area contributed by atoms with Crippen molar-refractivity contribution in [2.75, 3.05) is 19.6 Å². The van der Waals surface area contributed by atoms with Crippen molar-refractivity contribution in [1.82, 2.24) is 56.7 Å². The molecule has 4 heterocycles. The number of imidazole rings is 1. The first kappa shape index (κ1) is 58.6. The second kappa shape index (κ2) is 27.4. The quantitative estimate of drug-likeness (QED) is 0.0429. The van der Waals surface area contributed by atoms with Crippen LogP contribution in [0.3, 0.4) is 0 Å². The van der Waals surface area contributed by atoms with Crippen LogP contribution in [-0.4, -0.2) is 151 Å². The zero-order chi connectivity index (χ0) is 55.9. The molecular weight excluding hydrogens is 989 g/mol. The first-order valence-electron chi connectivity index (χ1n) is 26.6. The van der Waals surface area contributed by atoms with Crippen molar-refractivity contribution in [3.05, 3.63) is 90.1 Å². The zero-order valence-electron chi connectivity index (χ0n) is 44.8. The molecule has 2 fully saturated rings. The van der Waals surface area contributed by atoms with Crippen molar-refractivity contribution in [2.45, 2.75) is 148 Å². The number of aromatic nitrogens is 3. The molecule has 2 aromatic carbocycles. The first-order chi connectivity index (χ1) is 36.7. The van der Waals surface area contributed by atoms with Gasteiger partial charge in [-0.25, -0.2) is 9.78 Å². The molecule has 2 aliphatic rings. The standard InChI is InChI=1S/C55H76N12O10/c1-31(2)22-40(50(71)65-47(33(5)6)55(76)77)62-49(70)41(25-35-27-58-39-17-11-10-16-37(35)39)61-46(68)29-59-51(72)44-18-12-20-66(44)54(75)43(26-36-28-57-30-60-36)64-52(73)45-19-13-21-67(45)53(74)42(23-32(3)4)63-48(69)38(56)24-34-14-8-7-9-15-34/h7-11,14-17,27-28,30-33,38,40-45,47,58H,12-13,18-26,29,56H2,1-6H3,(H,57,60)(H,59,72)(H,61,68)(H,62,70)(H,63,69)(H,64,73)(H,65,71)(H,76,77)/t38-,40-,41-,42-,43-,44-,45-,47-/m0/s1. The summed E-state index contributed by atoms with van der Waals surface area (Å²) in [6.07, 6.45) is 6.83. The summed E-state index contributed by atoms with van der Waals surface area (Å²) in [6.45, 7) is 10.7. The number of para-hydroxylation sites is 1. The molecule has 0 aliphatic carbocycles. The van der Waals surface area contributed by atoms with Crippen molar-refractivity contribution in [1.29, 1.82) is 0 Å². The maximum absolute atomic E-state index is 14.6. The number of aliphatic carboxylic acids is 1. The van der Waals surface area contributed by atoms with Crippen LogP contribution in [0.25, 0.3) is 10.9 Å². The van der Waals surface area contributed by atoms with Crippen LogP contribution in [0, 0.1) is 17.8 Å². The molecule has 0 saturated carbocycles. The molecule has 0 radical (unpaired) electrons. The number of carbonyl (C=O) groups is 9. The lowest BCUT2D eigenvalue weighted by atomic mass is 9.99. The van der Waals surface area contributed by atoms with Crippen molar-refractivity contribution in [3.63, 3.8) is 0 Å². The molecule has 22 nitrogen and oxygen atoms in total. The topological polar surface area (TPSA) is 323 Å². The highest BCUT2D eigenvalue weighted by atomic mass is 16.4. The van der Waals surface area contributed by atoms with Crippen LogP contribution in [0.1, 0.15) is 96.9 Å². The van der Waals surface area contributed by atoms with Crippen LogP contribution in [0.15, 0.2) is 73.3 Å². The number of nitrogens with zero attached hydrogens (tertiary/aromatic N) is 3. The molecule has 77 heavy (non-hydrogen) atoms. The van der Waals surface area contributed by atoms with Gasteiger partial charge in [0.1, 0.15) is 42.3 Å². The summed E-state index contributed by atoms with van der Waals surface area (Å²) in [5.74, 6) is -6.63. The van der Waals surface area contributed by atoms with Crippen LogP contribution >= 0.6 is 0 Å². The van der Waals surface area contributed by atoms with E-state index in [0.29, 0.717) is 36.9 Å². The fourth-order valence-corrected chi connectivity index (χ4v) is 10.0. The number of likely N-dealkylation sites (tertiary alicyclic amines) is 2. The lowest BCUT2D eigenvalue weighted by Crippen LogP contribution is -2.59. The van der Waals surface area contributed by atoms with E-state index in [0.717, 1.165) is 16.5 Å². The SMILES string of the molecule is CC(C)C[C@H](NC(=O)[C@H](Cc1c[nH]c2ccccc12)NC(=O)CNC(=O)[C@@H]1CCCN1C(=O)[C@H](Cc1cnc[nH]1)NC(=O)[C@@H]1CCCN1C(=O)[C@H](CC(C)C)NC(=O)[C@@H](N)Cc1ccccc1)C(=O)N[C@H](C(=O)O)C(C)C. The van der Waals surface area contributed by atoms with Gasteiger partial charge in [0.15, 0.2) is 0 Å². The van der Waals surface area contributed by atoms with Gasteiger partial charge in [-0.2, -0.15) is 0 Å². The number of hydrogen-bond acceptors (Lipinski definition) is 11. The Morgan fingerprint density at radius 2 is 1.26 bits per heavy atom. The molecule has 4 aromatic rings. The fraction of sp³-hybridized carbons (Fsp3) is 0.527. The van der Waals surface area contributed by atoms with Crippen LogP contribution < -0.4 is 37.6 Å². The molecule has 8 atom stereocenters. The molecule has 8 amide bonds. The summed E-state index contributed by atoms with van der Waals surface area (Å²) in [5.41, 5.74) is 9.16. The smallest absolute Gasteiger partial charge is 0.326 e. The molecule has 2 saturated heterocycles. The Kier molecular flexibility index (Phi) is 20.9. The molecule has 0 spiro atoms. The van der Waals surface area contributed by atoms with Gasteiger partial charge in [0.05, 0.1) is 18.9 Å². The van der Waals surface area contributed by atoms with Gasteiger partial charge in [-0.15, -0.1) is 0 Å². The van der Waals surface area contributed by atoms with Gasteiger partial charge in [-0.3, -0.25) is 38.4 Å². The molecule has 6 rings (SSSR count). The Bertz CT molecular complexity index is 2690. The van der Waals surface area contributed by atoms with Gasteiger partial charge in [0, 0.05) is 54.9 Å². The Hall–Kier alpha value is -7.62. The lowest BCUT2D eigenvalue weighted by molar-refractivity contribution is -0.144. The maximum Gasteiger partial charge on any atom is 0.326 e. The van der Waals surface area contributed by atoms with Gasteiger partial charge in [0.2, 0.25) is 47.3 Å². The van der Waals surface area contributed by atoms with E-state index >= 15 is 0 Å². The minimum absolute atomic E-state index is 0.00110. The fourth-order valence-electron chi connectivity index (χ4n) is 10.0. The zero-order valence-corrected chi connectivity index (χ0v) is 44.8. The number of fused-ring (bicyclic) bond motifs is 1. The van der Waals surface area contributed by atoms with E-state index in [1.165, 1.54) is 22.3 Å². The van der Waals surface area contributed by atoms with Gasteiger partial charge >= 0.3 is 5.97 Å². The van der Waals surface area contributed by atoms with E-state index < -0.39 is 114 Å². The largest absolute Gasteiger partial charge is 0.480 e. The molecule has 22 heteroatoms. The van der Waals surface area contributed by atoms with Crippen LogP contribution in [0.5, 0.6) is 0 Å². The summed E-state index contributed by atoms with van der Waals surface area (Å²) in [5, 5.41) is 26.9. The highest BCUT2D eigenvalue weighted by molar-refractivity contribution is 5.98. The van der Waals surface area contributed by atoms with Crippen LogP contribution in [-0.2, 0) is 62.4 Å². The number of carboxylic acid groups (broad SMARTS) is 1. The summed E-state index contributed by atoms with van der Waals surface area (Å²) >= 11 is 0. The van der Waals surface area contributed by atoms with E-state index in [9.17, 15) is 48.3 Å². The Morgan fingerprint density at radius 3 is 1.88 bits per heavy atom. The molecule has 0 bridgehead atoms. The van der Waals surface area contributed by atoms with E-state index in [-0.39, 0.29) is 57.0 Å². The van der Waals surface area contributed by atoms with E-state index in [1.807, 2.05) is 82.3 Å². The van der Waals surface area contributed by atoms with E-state index in [2.05, 4.69) is 46.9 Å². The van der Waals surface area contributed by atoms with Crippen molar-refractivity contribution >= 4 is 64.1 Å². The average Bonchev–Trinajstić information content (AvgIpc) is 4.26. The van der Waals surface area contributed by atoms with E-state index in [4.69, 9.17) is 5.73 Å². The highest BCUT2D eigenvalue weighted by Crippen LogP contribution is 2.24. The summed E-state index contributed by atoms with van der Waals surface area (Å²) < 4.78 is 0. The maximum atomic E-state index is 14.6. The third-order valence-electron chi connectivity index (χ3n) is 14.0. The Labute approximate surface area is 448 Å². The van der Waals surface area contributed by atoms with Crippen molar-refractivity contribution < 1.29 is 48.3 Å². The molecular formula is C55H76N12O10. The molecule has 2 aliphatic heterocycles. The van der Waals surface area contributed by atoms with E-state index in [1.54, 1.807) is 20.0 Å². The number of hydrogen-bond donors (Lipinski definition) is 10. The van der Waals surface area contributed by atoms with Gasteiger partial charge in [-0.1, -0.05) is 90.1 Å². The number of aromatic amines is 2. The number of nitrogens with one attached hydrogen (secondary N) is 8. The monoisotopic (exact) mass is 1060 g/mol. The number of carboxylic acids is 1. The number of rotatable bonds is 26. The first-order valence-corrected chi connectivity index (χ1v) is 26.6. The van der Waals surface area contributed by atoms with Gasteiger partial charge in [0.25, 0.3) is 0 Å². The highest BCUT2D eigenvalue weighted by Gasteiger charge is 2.42. The number of H-pyrrole nitrogens is 2. The predicted octanol–water partition coefficient (Wildman–Crippen LogP) is 1.60.